The van der Waals surface area contributed by atoms with Crippen molar-refractivity contribution >= 4 is 0 Å². The summed E-state index contributed by atoms with van der Waals surface area (Å²) in [6.07, 6.45) is 2.11. The Kier molecular flexibility index (Phi) is 5.14. The van der Waals surface area contributed by atoms with Crippen LogP contribution < -0.4 is 16.0 Å². The lowest BCUT2D eigenvalue weighted by Crippen LogP contribution is -2.34. The number of nitrogens with two attached hydrogens (primary N) is 1. The Hall–Kier alpha value is -1.20. The fraction of sp³-hybridized carbons (Fsp3) is 0.636. The van der Waals surface area contributed by atoms with Gasteiger partial charge in [0.25, 0.3) is 0 Å². The van der Waals surface area contributed by atoms with Crippen LogP contribution in [-0.4, -0.2) is 17.3 Å². The maximum Gasteiger partial charge on any atom is 0.233 e. The number of hydrogen-bond donors (Lipinski definition) is 2. The largest absolute Gasteiger partial charge is 0.480 e. The molecule has 0 saturated carbocycles. The van der Waals surface area contributed by atoms with Crippen molar-refractivity contribution in [3.63, 3.8) is 0 Å². The molecule has 0 amide bonds. The van der Waals surface area contributed by atoms with E-state index in [4.69, 9.17) is 10.6 Å². The van der Waals surface area contributed by atoms with Crippen LogP contribution in [0.4, 0.5) is 0 Å². The second-order valence-electron chi connectivity index (χ2n) is 3.72. The third kappa shape index (κ3) is 2.90. The van der Waals surface area contributed by atoms with Gasteiger partial charge >= 0.3 is 0 Å². The normalized spacial score (nSPS) is 12.8. The predicted octanol–water partition coefficient (Wildman–Crippen LogP) is 1.43. The van der Waals surface area contributed by atoms with Crippen molar-refractivity contribution < 1.29 is 4.74 Å². The third-order valence-corrected chi connectivity index (χ3v) is 2.89. The number of ether oxygens (including phenoxy) is 1. The molecule has 0 radical (unpaired) electrons. The summed E-state index contributed by atoms with van der Waals surface area (Å²) in [6.45, 7) is 4.30. The van der Waals surface area contributed by atoms with E-state index in [2.05, 4.69) is 29.5 Å². The van der Waals surface area contributed by atoms with Gasteiger partial charge in [0.05, 0.1) is 18.8 Å². The molecule has 1 aromatic heterocycles. The van der Waals surface area contributed by atoms with Gasteiger partial charge < -0.3 is 4.74 Å². The van der Waals surface area contributed by atoms with Gasteiger partial charge in [-0.2, -0.15) is 5.10 Å². The van der Waals surface area contributed by atoms with Crippen molar-refractivity contribution in [3.05, 3.63) is 17.8 Å². The van der Waals surface area contributed by atoms with E-state index in [-0.39, 0.29) is 6.04 Å². The molecule has 1 aromatic rings. The highest BCUT2D eigenvalue weighted by Crippen LogP contribution is 2.25. The minimum atomic E-state index is 0.0495. The van der Waals surface area contributed by atoms with Crippen molar-refractivity contribution in [2.75, 3.05) is 7.11 Å². The van der Waals surface area contributed by atoms with Crippen LogP contribution in [0.2, 0.25) is 0 Å². The van der Waals surface area contributed by atoms with Crippen molar-refractivity contribution in [1.29, 1.82) is 0 Å². The topological polar surface area (TPSA) is 73.1 Å². The van der Waals surface area contributed by atoms with Crippen LogP contribution in [0.15, 0.2) is 12.1 Å². The summed E-state index contributed by atoms with van der Waals surface area (Å²) in [4.78, 5) is 0. The van der Waals surface area contributed by atoms with Crippen LogP contribution >= 0.6 is 0 Å². The molecule has 0 aliphatic rings. The second kappa shape index (κ2) is 6.40. The Labute approximate surface area is 96.4 Å². The van der Waals surface area contributed by atoms with Crippen LogP contribution in [0.5, 0.6) is 5.88 Å². The number of methoxy groups -OCH3 is 1. The zero-order chi connectivity index (χ0) is 12.0. The Bertz CT molecular complexity index is 297. The molecule has 5 heteroatoms. The van der Waals surface area contributed by atoms with Crippen LogP contribution in [0.3, 0.4) is 0 Å². The van der Waals surface area contributed by atoms with Gasteiger partial charge in [-0.3, -0.25) is 11.3 Å². The lowest BCUT2D eigenvalue weighted by atomic mass is 9.92. The molecule has 90 valence electrons. The van der Waals surface area contributed by atoms with Crippen molar-refractivity contribution in [3.8, 4) is 5.88 Å². The van der Waals surface area contributed by atoms with E-state index in [1.807, 2.05) is 6.07 Å². The first kappa shape index (κ1) is 12.9. The molecule has 1 heterocycles. The van der Waals surface area contributed by atoms with E-state index in [0.29, 0.717) is 11.8 Å². The smallest absolute Gasteiger partial charge is 0.233 e. The quantitative estimate of drug-likeness (QED) is 0.565. The molecule has 0 aromatic carbocycles. The molecule has 16 heavy (non-hydrogen) atoms. The molecule has 1 rings (SSSR count). The lowest BCUT2D eigenvalue weighted by Gasteiger charge is -2.23. The van der Waals surface area contributed by atoms with Gasteiger partial charge in [-0.15, -0.1) is 5.10 Å². The summed E-state index contributed by atoms with van der Waals surface area (Å²) in [7, 11) is 1.57. The van der Waals surface area contributed by atoms with Gasteiger partial charge in [0, 0.05) is 6.07 Å². The van der Waals surface area contributed by atoms with Crippen molar-refractivity contribution in [2.45, 2.75) is 32.7 Å². The fourth-order valence-electron chi connectivity index (χ4n) is 1.83. The van der Waals surface area contributed by atoms with E-state index in [1.54, 1.807) is 13.2 Å². The molecule has 1 atom stereocenters. The first-order valence-electron chi connectivity index (χ1n) is 5.60. The average Bonchev–Trinajstić information content (AvgIpc) is 2.36. The van der Waals surface area contributed by atoms with Crippen molar-refractivity contribution in [2.24, 2.45) is 11.8 Å². The van der Waals surface area contributed by atoms with Gasteiger partial charge in [0.15, 0.2) is 0 Å². The minimum Gasteiger partial charge on any atom is -0.480 e. The summed E-state index contributed by atoms with van der Waals surface area (Å²) in [5, 5.41) is 8.07. The molecular weight excluding hydrogens is 204 g/mol. The van der Waals surface area contributed by atoms with Crippen molar-refractivity contribution in [1.82, 2.24) is 15.6 Å². The highest BCUT2D eigenvalue weighted by molar-refractivity contribution is 5.14. The summed E-state index contributed by atoms with van der Waals surface area (Å²) in [5.41, 5.74) is 3.67. The number of hydrogen-bond acceptors (Lipinski definition) is 5. The monoisotopic (exact) mass is 224 g/mol. The highest BCUT2D eigenvalue weighted by atomic mass is 16.5. The van der Waals surface area contributed by atoms with E-state index in [0.717, 1.165) is 18.5 Å². The summed E-state index contributed by atoms with van der Waals surface area (Å²) < 4.78 is 4.97. The minimum absolute atomic E-state index is 0.0495. The highest BCUT2D eigenvalue weighted by Gasteiger charge is 2.20. The van der Waals surface area contributed by atoms with Crippen LogP contribution in [0.25, 0.3) is 0 Å². The Morgan fingerprint density at radius 3 is 2.38 bits per heavy atom. The van der Waals surface area contributed by atoms with E-state index < -0.39 is 0 Å². The molecule has 0 saturated heterocycles. The van der Waals surface area contributed by atoms with E-state index in [9.17, 15) is 0 Å². The van der Waals surface area contributed by atoms with Gasteiger partial charge in [-0.25, -0.2) is 0 Å². The van der Waals surface area contributed by atoms with Gasteiger partial charge in [0.2, 0.25) is 5.88 Å². The summed E-state index contributed by atoms with van der Waals surface area (Å²) >= 11 is 0. The first-order valence-corrected chi connectivity index (χ1v) is 5.60. The van der Waals surface area contributed by atoms with Gasteiger partial charge in [-0.1, -0.05) is 26.7 Å². The molecule has 0 aliphatic heterocycles. The lowest BCUT2D eigenvalue weighted by molar-refractivity contribution is 0.333. The molecule has 5 nitrogen and oxygen atoms in total. The average molecular weight is 224 g/mol. The summed E-state index contributed by atoms with van der Waals surface area (Å²) in [5.74, 6) is 6.56. The van der Waals surface area contributed by atoms with Crippen LogP contribution in [0, 0.1) is 5.92 Å². The number of hydrazine groups is 1. The Balaban J connectivity index is 2.85. The molecule has 3 N–H and O–H groups in total. The number of nitrogens with one attached hydrogen (secondary N) is 1. The predicted molar refractivity (Wildman–Crippen MR) is 62.7 cm³/mol. The number of aromatic nitrogens is 2. The molecule has 0 fully saturated rings. The second-order valence-corrected chi connectivity index (χ2v) is 3.72. The molecule has 0 spiro atoms. The third-order valence-electron chi connectivity index (χ3n) is 2.89. The maximum absolute atomic E-state index is 5.58. The van der Waals surface area contributed by atoms with Gasteiger partial charge in [0.1, 0.15) is 0 Å². The molecule has 1 unspecified atom stereocenters. The Morgan fingerprint density at radius 1 is 1.31 bits per heavy atom. The number of nitrogens with zero attached hydrogens (tertiary/aromatic N) is 2. The summed E-state index contributed by atoms with van der Waals surface area (Å²) in [6, 6.07) is 3.75. The zero-order valence-corrected chi connectivity index (χ0v) is 10.1. The van der Waals surface area contributed by atoms with E-state index >= 15 is 0 Å². The molecular formula is C11H20N4O. The van der Waals surface area contributed by atoms with Gasteiger partial charge in [-0.05, 0) is 12.0 Å². The van der Waals surface area contributed by atoms with Crippen LogP contribution in [-0.2, 0) is 0 Å². The molecule has 0 aliphatic carbocycles. The fourth-order valence-corrected chi connectivity index (χ4v) is 1.83. The Morgan fingerprint density at radius 2 is 2.00 bits per heavy atom. The number of rotatable bonds is 6. The first-order chi connectivity index (χ1) is 7.76. The maximum atomic E-state index is 5.58. The standard InChI is InChI=1S/C11H20N4O/c1-4-8(5-2)11(13-12)9-6-7-10(16-3)15-14-9/h6-8,11,13H,4-5,12H2,1-3H3. The van der Waals surface area contributed by atoms with Crippen LogP contribution in [0.1, 0.15) is 38.4 Å². The van der Waals surface area contributed by atoms with E-state index in [1.165, 1.54) is 0 Å². The SMILES string of the molecule is CCC(CC)C(NN)c1ccc(OC)nn1. The zero-order valence-electron chi connectivity index (χ0n) is 10.1. The molecule has 0 bridgehead atoms.